The number of amides is 1. The van der Waals surface area contributed by atoms with Crippen LogP contribution in [0.1, 0.15) is 30.5 Å². The molecule has 0 aliphatic heterocycles. The maximum absolute atomic E-state index is 13.0. The Kier molecular flexibility index (Phi) is 7.52. The summed E-state index contributed by atoms with van der Waals surface area (Å²) >= 11 is 4.24. The molecule has 172 valence electrons. The standard InChI is InChI=1S/C26H30N4O2S/c1-17(25(31)29-23-12-11-18-7-5-6-10-21(18)23)32-26-24(28-15-20(27)16-33)14-13-22(30-26)19-8-3-2-4-9-19/h2-10,13-14,17,20,23,28,33H,11-12,15-16,27H2,1H3,(H,29,31). The van der Waals surface area contributed by atoms with E-state index in [2.05, 4.69) is 35.4 Å². The van der Waals surface area contributed by atoms with Gasteiger partial charge in [0.1, 0.15) is 0 Å². The molecule has 1 aliphatic carbocycles. The van der Waals surface area contributed by atoms with E-state index in [0.29, 0.717) is 23.9 Å². The molecule has 4 N–H and O–H groups in total. The molecule has 0 spiro atoms. The Balaban J connectivity index is 1.51. The average molecular weight is 463 g/mol. The van der Waals surface area contributed by atoms with E-state index in [0.717, 1.165) is 24.1 Å². The summed E-state index contributed by atoms with van der Waals surface area (Å²) < 4.78 is 6.09. The summed E-state index contributed by atoms with van der Waals surface area (Å²) in [5.41, 5.74) is 10.9. The van der Waals surface area contributed by atoms with E-state index in [9.17, 15) is 4.79 Å². The molecule has 1 aromatic heterocycles. The number of ether oxygens (including phenoxy) is 1. The summed E-state index contributed by atoms with van der Waals surface area (Å²) in [6, 6.07) is 21.8. The lowest BCUT2D eigenvalue weighted by Gasteiger charge is -2.21. The van der Waals surface area contributed by atoms with Crippen molar-refractivity contribution in [2.45, 2.75) is 38.0 Å². The normalized spacial score (nSPS) is 16.5. The van der Waals surface area contributed by atoms with Gasteiger partial charge in [-0.25, -0.2) is 4.98 Å². The van der Waals surface area contributed by atoms with E-state index in [4.69, 9.17) is 15.5 Å². The quantitative estimate of drug-likeness (QED) is 0.361. The van der Waals surface area contributed by atoms with Crippen molar-refractivity contribution in [3.05, 3.63) is 77.9 Å². The highest BCUT2D eigenvalue weighted by Gasteiger charge is 2.26. The fourth-order valence-electron chi connectivity index (χ4n) is 3.96. The zero-order valence-corrected chi connectivity index (χ0v) is 19.6. The molecule has 0 saturated carbocycles. The molecule has 7 heteroatoms. The number of hydrogen-bond donors (Lipinski definition) is 4. The van der Waals surface area contributed by atoms with Crippen molar-refractivity contribution in [1.29, 1.82) is 0 Å². The smallest absolute Gasteiger partial charge is 0.261 e. The lowest BCUT2D eigenvalue weighted by atomic mass is 10.1. The SMILES string of the molecule is CC(Oc1nc(-c2ccccc2)ccc1NCC(N)CS)C(=O)NC1CCc2ccccc21. The van der Waals surface area contributed by atoms with E-state index in [1.165, 1.54) is 11.1 Å². The molecule has 0 fully saturated rings. The van der Waals surface area contributed by atoms with Gasteiger partial charge >= 0.3 is 0 Å². The van der Waals surface area contributed by atoms with Crippen LogP contribution < -0.4 is 21.1 Å². The first kappa shape index (κ1) is 23.1. The Morgan fingerprint density at radius 2 is 1.91 bits per heavy atom. The van der Waals surface area contributed by atoms with Gasteiger partial charge in [0, 0.05) is 23.9 Å². The van der Waals surface area contributed by atoms with Crippen LogP contribution in [0.5, 0.6) is 5.88 Å². The van der Waals surface area contributed by atoms with Crippen molar-refractivity contribution in [2.24, 2.45) is 5.73 Å². The lowest BCUT2D eigenvalue weighted by molar-refractivity contribution is -0.128. The fourth-order valence-corrected chi connectivity index (χ4v) is 4.09. The van der Waals surface area contributed by atoms with Gasteiger partial charge in [-0.05, 0) is 43.0 Å². The van der Waals surface area contributed by atoms with Gasteiger partial charge in [-0.1, -0.05) is 54.6 Å². The zero-order chi connectivity index (χ0) is 23.2. The van der Waals surface area contributed by atoms with Crippen LogP contribution in [-0.4, -0.2) is 35.3 Å². The van der Waals surface area contributed by atoms with Gasteiger partial charge in [-0.3, -0.25) is 4.79 Å². The molecule has 3 aromatic rings. The third-order valence-corrected chi connectivity index (χ3v) is 6.30. The maximum atomic E-state index is 13.0. The first-order chi connectivity index (χ1) is 16.0. The molecule has 1 heterocycles. The number of pyridine rings is 1. The molecule has 0 radical (unpaired) electrons. The number of nitrogens with zero attached hydrogens (tertiary/aromatic N) is 1. The third kappa shape index (κ3) is 5.67. The number of anilines is 1. The van der Waals surface area contributed by atoms with E-state index in [-0.39, 0.29) is 18.0 Å². The topological polar surface area (TPSA) is 89.3 Å². The van der Waals surface area contributed by atoms with Crippen LogP contribution >= 0.6 is 12.6 Å². The summed E-state index contributed by atoms with van der Waals surface area (Å²) in [5, 5.41) is 6.42. The van der Waals surface area contributed by atoms with Crippen molar-refractivity contribution in [3.63, 3.8) is 0 Å². The molecule has 0 saturated heterocycles. The Labute approximate surface area is 200 Å². The number of nitrogens with two attached hydrogens (primary N) is 1. The van der Waals surface area contributed by atoms with Gasteiger partial charge in [0.15, 0.2) is 6.10 Å². The van der Waals surface area contributed by atoms with Crippen LogP contribution in [0, 0.1) is 0 Å². The summed E-state index contributed by atoms with van der Waals surface area (Å²) in [5.74, 6) is 0.763. The number of aromatic nitrogens is 1. The Morgan fingerprint density at radius 1 is 1.15 bits per heavy atom. The van der Waals surface area contributed by atoms with Gasteiger partial charge < -0.3 is 21.1 Å². The Morgan fingerprint density at radius 3 is 2.70 bits per heavy atom. The highest BCUT2D eigenvalue weighted by atomic mass is 32.1. The van der Waals surface area contributed by atoms with Crippen LogP contribution in [-0.2, 0) is 11.2 Å². The van der Waals surface area contributed by atoms with Crippen molar-refractivity contribution < 1.29 is 9.53 Å². The molecule has 1 amide bonds. The molecule has 0 bridgehead atoms. The molecule has 6 nitrogen and oxygen atoms in total. The monoisotopic (exact) mass is 462 g/mol. The second-order valence-electron chi connectivity index (χ2n) is 8.30. The van der Waals surface area contributed by atoms with Crippen LogP contribution in [0.2, 0.25) is 0 Å². The largest absolute Gasteiger partial charge is 0.463 e. The lowest BCUT2D eigenvalue weighted by Crippen LogP contribution is -2.38. The van der Waals surface area contributed by atoms with Crippen LogP contribution in [0.3, 0.4) is 0 Å². The molecule has 4 rings (SSSR count). The van der Waals surface area contributed by atoms with Crippen LogP contribution in [0.25, 0.3) is 11.3 Å². The van der Waals surface area contributed by atoms with E-state index in [1.54, 1.807) is 6.92 Å². The zero-order valence-electron chi connectivity index (χ0n) is 18.7. The van der Waals surface area contributed by atoms with Crippen molar-refractivity contribution in [3.8, 4) is 17.1 Å². The molecule has 2 aromatic carbocycles. The minimum absolute atomic E-state index is 0.00865. The summed E-state index contributed by atoms with van der Waals surface area (Å²) in [4.78, 5) is 17.7. The first-order valence-electron chi connectivity index (χ1n) is 11.3. The van der Waals surface area contributed by atoms with Gasteiger partial charge in [0.05, 0.1) is 17.4 Å². The average Bonchev–Trinajstić information content (AvgIpc) is 3.26. The molecule has 33 heavy (non-hydrogen) atoms. The Bertz CT molecular complexity index is 1090. The number of nitrogens with one attached hydrogen (secondary N) is 2. The van der Waals surface area contributed by atoms with Gasteiger partial charge in [0.2, 0.25) is 5.88 Å². The summed E-state index contributed by atoms with van der Waals surface area (Å²) in [7, 11) is 0. The maximum Gasteiger partial charge on any atom is 0.261 e. The van der Waals surface area contributed by atoms with Gasteiger partial charge in [0.25, 0.3) is 5.91 Å². The molecular formula is C26H30N4O2S. The molecule has 1 aliphatic rings. The van der Waals surface area contributed by atoms with Gasteiger partial charge in [-0.15, -0.1) is 0 Å². The summed E-state index contributed by atoms with van der Waals surface area (Å²) in [6.45, 7) is 2.27. The van der Waals surface area contributed by atoms with E-state index < -0.39 is 6.10 Å². The minimum Gasteiger partial charge on any atom is -0.463 e. The molecule has 3 unspecified atom stereocenters. The molecular weight excluding hydrogens is 432 g/mol. The van der Waals surface area contributed by atoms with E-state index >= 15 is 0 Å². The van der Waals surface area contributed by atoms with Crippen molar-refractivity contribution >= 4 is 24.2 Å². The number of carbonyl (C=O) groups excluding carboxylic acids is 1. The highest BCUT2D eigenvalue weighted by Crippen LogP contribution is 2.31. The number of carbonyl (C=O) groups is 1. The van der Waals surface area contributed by atoms with Gasteiger partial charge in [-0.2, -0.15) is 12.6 Å². The predicted molar refractivity (Wildman–Crippen MR) is 136 cm³/mol. The van der Waals surface area contributed by atoms with E-state index in [1.807, 2.05) is 54.6 Å². The molecule has 3 atom stereocenters. The fraction of sp³-hybridized carbons (Fsp3) is 0.308. The van der Waals surface area contributed by atoms with Crippen LogP contribution in [0.4, 0.5) is 5.69 Å². The number of rotatable bonds is 9. The second kappa shape index (κ2) is 10.7. The highest BCUT2D eigenvalue weighted by molar-refractivity contribution is 7.80. The van der Waals surface area contributed by atoms with Crippen molar-refractivity contribution in [2.75, 3.05) is 17.6 Å². The first-order valence-corrected chi connectivity index (χ1v) is 11.9. The number of fused-ring (bicyclic) bond motifs is 1. The summed E-state index contributed by atoms with van der Waals surface area (Å²) in [6.07, 6.45) is 1.15. The number of hydrogen-bond acceptors (Lipinski definition) is 6. The second-order valence-corrected chi connectivity index (χ2v) is 8.66. The van der Waals surface area contributed by atoms with Crippen molar-refractivity contribution in [1.82, 2.24) is 10.3 Å². The minimum atomic E-state index is -0.713. The number of thiol groups is 1. The van der Waals surface area contributed by atoms with Crippen LogP contribution in [0.15, 0.2) is 66.7 Å². The Hall–Kier alpha value is -3.03. The third-order valence-electron chi connectivity index (χ3n) is 5.83. The number of aryl methyl sites for hydroxylation is 1. The predicted octanol–water partition coefficient (Wildman–Crippen LogP) is 3.99. The number of benzene rings is 2.